The number of ether oxygens (including phenoxy) is 2. The number of rotatable bonds is 5. The summed E-state index contributed by atoms with van der Waals surface area (Å²) < 4.78 is 11.8. The van der Waals surface area contributed by atoms with Gasteiger partial charge in [0.2, 0.25) is 0 Å². The van der Waals surface area contributed by atoms with Crippen molar-refractivity contribution in [2.24, 2.45) is 34.0 Å². The summed E-state index contributed by atoms with van der Waals surface area (Å²) in [5.74, 6) is 0.737. The third kappa shape index (κ3) is 3.59. The average molecular weight is 441 g/mol. The Bertz CT molecular complexity index is 850. The van der Waals surface area contributed by atoms with Crippen LogP contribution in [-0.2, 0) is 14.3 Å². The lowest BCUT2D eigenvalue weighted by Crippen LogP contribution is -2.62. The van der Waals surface area contributed by atoms with Crippen molar-refractivity contribution in [1.82, 2.24) is 0 Å². The van der Waals surface area contributed by atoms with Gasteiger partial charge in [-0.05, 0) is 48.5 Å². The Kier molecular flexibility index (Phi) is 6.43. The fourth-order valence-electron chi connectivity index (χ4n) is 7.64. The minimum absolute atomic E-state index is 0.0972. The Hall–Kier alpha value is -1.49. The van der Waals surface area contributed by atoms with E-state index in [-0.39, 0.29) is 30.1 Å². The number of hydrogen-bond donors (Lipinski definition) is 1. The zero-order valence-electron chi connectivity index (χ0n) is 20.3. The van der Waals surface area contributed by atoms with E-state index in [9.17, 15) is 9.90 Å². The van der Waals surface area contributed by atoms with Crippen LogP contribution < -0.4 is 0 Å². The van der Waals surface area contributed by atoms with Crippen molar-refractivity contribution in [2.75, 3.05) is 13.9 Å². The fourth-order valence-corrected chi connectivity index (χ4v) is 7.64. The Morgan fingerprint density at radius 2 is 1.88 bits per heavy atom. The third-order valence-corrected chi connectivity index (χ3v) is 9.64. The van der Waals surface area contributed by atoms with Crippen LogP contribution in [0.15, 0.2) is 36.4 Å². The van der Waals surface area contributed by atoms with Crippen molar-refractivity contribution in [2.45, 2.75) is 72.0 Å². The molecule has 8 atom stereocenters. The molecule has 1 aromatic rings. The molecule has 0 saturated heterocycles. The lowest BCUT2D eigenvalue weighted by molar-refractivity contribution is -0.214. The molecule has 0 amide bonds. The molecular weight excluding hydrogens is 400 g/mol. The summed E-state index contributed by atoms with van der Waals surface area (Å²) in [4.78, 5) is 13.3. The number of carbonyl (C=O) groups is 1. The Balaban J connectivity index is 1.83. The normalized spacial score (nSPS) is 44.3. The predicted octanol–water partition coefficient (Wildman–Crippen LogP) is 5.50. The smallest absolute Gasteiger partial charge is 0.146 e. The molecule has 0 aliphatic heterocycles. The van der Waals surface area contributed by atoms with Crippen molar-refractivity contribution in [3.63, 3.8) is 0 Å². The van der Waals surface area contributed by atoms with Gasteiger partial charge in [-0.2, -0.15) is 0 Å². The van der Waals surface area contributed by atoms with Gasteiger partial charge in [-0.1, -0.05) is 70.2 Å². The highest BCUT2D eigenvalue weighted by atomic mass is 16.7. The highest BCUT2D eigenvalue weighted by Gasteiger charge is 2.67. The van der Waals surface area contributed by atoms with Crippen molar-refractivity contribution >= 4 is 11.9 Å². The molecule has 4 rings (SSSR count). The topological polar surface area (TPSA) is 55.8 Å². The van der Waals surface area contributed by atoms with Gasteiger partial charge >= 0.3 is 0 Å². The van der Waals surface area contributed by atoms with Gasteiger partial charge in [0.05, 0.1) is 12.2 Å². The van der Waals surface area contributed by atoms with E-state index in [4.69, 9.17) is 9.47 Å². The van der Waals surface area contributed by atoms with Crippen LogP contribution in [0, 0.1) is 34.0 Å². The lowest BCUT2D eigenvalue weighted by Gasteiger charge is -2.62. The second-order valence-corrected chi connectivity index (χ2v) is 11.2. The van der Waals surface area contributed by atoms with E-state index in [1.54, 1.807) is 7.11 Å². The standard InChI is InChI=1S/C28H40O4/c1-19-11-15-28-16-13-22(29)24(28)27(19,4)23(30)17-26(3,25(20(28)2)32-18-31-5)14-12-21-9-7-6-8-10-21/h6-10,12,14,19-20,23-25,30H,11,13,15-18H2,1-5H3/t19-,20+,23-,24?,25+,26-,27+,28?/m1/s1. The van der Waals surface area contributed by atoms with Gasteiger partial charge in [-0.3, -0.25) is 4.79 Å². The summed E-state index contributed by atoms with van der Waals surface area (Å²) in [5.41, 5.74) is 0.207. The van der Waals surface area contributed by atoms with Crippen LogP contribution in [0.2, 0.25) is 0 Å². The van der Waals surface area contributed by atoms with Crippen LogP contribution in [0.1, 0.15) is 65.4 Å². The molecule has 4 heteroatoms. The summed E-state index contributed by atoms with van der Waals surface area (Å²) in [6.07, 6.45) is 7.83. The van der Waals surface area contributed by atoms with Gasteiger partial charge in [-0.25, -0.2) is 0 Å². The first-order valence-corrected chi connectivity index (χ1v) is 12.2. The van der Waals surface area contributed by atoms with Crippen LogP contribution in [0.3, 0.4) is 0 Å². The number of methoxy groups -OCH3 is 1. The van der Waals surface area contributed by atoms with E-state index in [0.717, 1.165) is 24.8 Å². The Labute approximate surface area is 193 Å². The molecule has 0 radical (unpaired) electrons. The quantitative estimate of drug-likeness (QED) is 0.615. The van der Waals surface area contributed by atoms with Gasteiger partial charge in [0, 0.05) is 30.3 Å². The molecule has 1 N–H and O–H groups in total. The largest absolute Gasteiger partial charge is 0.392 e. The summed E-state index contributed by atoms with van der Waals surface area (Å²) >= 11 is 0. The minimum Gasteiger partial charge on any atom is -0.392 e. The number of Topliss-reactive ketones (excluding diaryl/α,β-unsaturated/α-hetero) is 1. The van der Waals surface area contributed by atoms with Gasteiger partial charge in [-0.15, -0.1) is 0 Å². The number of benzene rings is 1. The highest BCUT2D eigenvalue weighted by Crippen LogP contribution is 2.67. The van der Waals surface area contributed by atoms with E-state index in [2.05, 4.69) is 52.0 Å². The molecule has 4 nitrogen and oxygen atoms in total. The van der Waals surface area contributed by atoms with Crippen LogP contribution in [0.25, 0.3) is 6.08 Å². The SMILES string of the molecule is COCO[C@H]1[C@H](C)C23CCC(=O)C2[C@@](C)([C@H](C)CC3)[C@H](O)C[C@@]1(C)C=Cc1ccccc1. The minimum atomic E-state index is -0.573. The van der Waals surface area contributed by atoms with Crippen LogP contribution in [0.5, 0.6) is 0 Å². The van der Waals surface area contributed by atoms with Crippen LogP contribution in [-0.4, -0.2) is 37.0 Å². The number of ketones is 1. The van der Waals surface area contributed by atoms with Gasteiger partial charge in [0.25, 0.3) is 0 Å². The molecule has 0 aromatic heterocycles. The van der Waals surface area contributed by atoms with Crippen molar-refractivity contribution in [1.29, 1.82) is 0 Å². The van der Waals surface area contributed by atoms with E-state index in [1.165, 1.54) is 0 Å². The van der Waals surface area contributed by atoms with Crippen LogP contribution in [0.4, 0.5) is 0 Å². The summed E-state index contributed by atoms with van der Waals surface area (Å²) in [6, 6.07) is 10.3. The third-order valence-electron chi connectivity index (χ3n) is 9.64. The molecule has 0 heterocycles. The highest BCUT2D eigenvalue weighted by molar-refractivity contribution is 5.85. The van der Waals surface area contributed by atoms with Crippen molar-refractivity contribution in [3.05, 3.63) is 42.0 Å². The molecule has 3 saturated carbocycles. The van der Waals surface area contributed by atoms with Gasteiger partial charge in [0.1, 0.15) is 12.6 Å². The lowest BCUT2D eigenvalue weighted by atomic mass is 9.44. The zero-order valence-corrected chi connectivity index (χ0v) is 20.3. The molecule has 3 aliphatic rings. The van der Waals surface area contributed by atoms with Crippen molar-refractivity contribution in [3.8, 4) is 0 Å². The Morgan fingerprint density at radius 1 is 1.16 bits per heavy atom. The predicted molar refractivity (Wildman–Crippen MR) is 127 cm³/mol. The molecule has 0 spiro atoms. The van der Waals surface area contributed by atoms with E-state index < -0.39 is 16.9 Å². The zero-order chi connectivity index (χ0) is 23.1. The number of hydrogen-bond acceptors (Lipinski definition) is 4. The maximum Gasteiger partial charge on any atom is 0.146 e. The molecule has 2 unspecified atom stereocenters. The number of aliphatic hydroxyl groups is 1. The van der Waals surface area contributed by atoms with Gasteiger partial charge < -0.3 is 14.6 Å². The molecule has 32 heavy (non-hydrogen) atoms. The fraction of sp³-hybridized carbons (Fsp3) is 0.679. The maximum atomic E-state index is 13.3. The second kappa shape index (κ2) is 8.70. The monoisotopic (exact) mass is 440 g/mol. The first kappa shape index (κ1) is 23.7. The molecule has 2 bridgehead atoms. The Morgan fingerprint density at radius 3 is 2.56 bits per heavy atom. The van der Waals surface area contributed by atoms with E-state index >= 15 is 0 Å². The van der Waals surface area contributed by atoms with E-state index in [1.807, 2.05) is 18.2 Å². The molecular formula is C28H40O4. The van der Waals surface area contributed by atoms with Crippen LogP contribution >= 0.6 is 0 Å². The molecule has 3 aliphatic carbocycles. The summed E-state index contributed by atoms with van der Waals surface area (Å²) in [6.45, 7) is 9.14. The maximum absolute atomic E-state index is 13.3. The summed E-state index contributed by atoms with van der Waals surface area (Å²) in [5, 5.41) is 11.8. The van der Waals surface area contributed by atoms with Gasteiger partial charge in [0.15, 0.2) is 0 Å². The first-order valence-electron chi connectivity index (χ1n) is 12.2. The molecule has 176 valence electrons. The first-order chi connectivity index (χ1) is 15.2. The molecule has 1 aromatic carbocycles. The second-order valence-electron chi connectivity index (χ2n) is 11.2. The summed E-state index contributed by atoms with van der Waals surface area (Å²) in [7, 11) is 1.65. The van der Waals surface area contributed by atoms with Crippen molar-refractivity contribution < 1.29 is 19.4 Å². The average Bonchev–Trinajstić information content (AvgIpc) is 3.13. The molecule has 3 fully saturated rings. The van der Waals surface area contributed by atoms with E-state index in [0.29, 0.717) is 24.5 Å². The number of carbonyl (C=O) groups excluding carboxylic acids is 1. The number of aliphatic hydroxyl groups excluding tert-OH is 1.